The van der Waals surface area contributed by atoms with Crippen molar-refractivity contribution in [1.82, 2.24) is 0 Å². The van der Waals surface area contributed by atoms with Crippen molar-refractivity contribution in [3.8, 4) is 17.2 Å². The van der Waals surface area contributed by atoms with Crippen molar-refractivity contribution in [3.05, 3.63) is 52.6 Å². The zero-order valence-electron chi connectivity index (χ0n) is 16.8. The van der Waals surface area contributed by atoms with E-state index in [0.29, 0.717) is 0 Å². The van der Waals surface area contributed by atoms with E-state index in [1.807, 2.05) is 54.5 Å². The predicted molar refractivity (Wildman–Crippen MR) is 107 cm³/mol. The normalized spacial score (nSPS) is 9.44. The number of hydrogen-bond donors (Lipinski definition) is 2. The topological polar surface area (TPSA) is 49.7 Å². The average Bonchev–Trinajstić information content (AvgIpc) is 2.63. The first-order valence-corrected chi connectivity index (χ1v) is 9.19. The van der Waals surface area contributed by atoms with Crippen molar-refractivity contribution < 1.29 is 14.9 Å². The van der Waals surface area contributed by atoms with Crippen molar-refractivity contribution >= 4 is 0 Å². The van der Waals surface area contributed by atoms with E-state index in [4.69, 9.17) is 9.84 Å². The molecular weight excluding hydrogens is 312 g/mol. The van der Waals surface area contributed by atoms with Crippen LogP contribution in [-0.2, 0) is 6.42 Å². The number of aliphatic hydroxyl groups excluding tert-OH is 1. The Balaban J connectivity index is 0.00000134. The number of aromatic hydroxyl groups is 1. The Labute approximate surface area is 153 Å². The first-order chi connectivity index (χ1) is 12.0. The van der Waals surface area contributed by atoms with Gasteiger partial charge in [0.1, 0.15) is 17.2 Å². The minimum atomic E-state index is 0.211. The first-order valence-electron chi connectivity index (χ1n) is 9.19. The number of phenolic OH excluding ortho intramolecular Hbond substituents is 1. The molecule has 0 aliphatic rings. The molecule has 2 N–H and O–H groups in total. The fourth-order valence-electron chi connectivity index (χ4n) is 2.44. The van der Waals surface area contributed by atoms with Crippen LogP contribution in [0.1, 0.15) is 56.4 Å². The number of aliphatic hydroxyl groups is 1. The van der Waals surface area contributed by atoms with Gasteiger partial charge in [0.25, 0.3) is 0 Å². The highest BCUT2D eigenvalue weighted by atomic mass is 16.5. The van der Waals surface area contributed by atoms with Crippen LogP contribution in [0.2, 0.25) is 0 Å². The molecule has 0 amide bonds. The Bertz CT molecular complexity index is 610. The molecule has 3 nitrogen and oxygen atoms in total. The molecule has 140 valence electrons. The molecule has 3 heteroatoms. The largest absolute Gasteiger partial charge is 0.508 e. The van der Waals surface area contributed by atoms with Crippen molar-refractivity contribution in [2.24, 2.45) is 0 Å². The van der Waals surface area contributed by atoms with Crippen LogP contribution >= 0.6 is 0 Å². The minimum Gasteiger partial charge on any atom is -0.508 e. The van der Waals surface area contributed by atoms with Crippen LogP contribution in [0.15, 0.2) is 30.3 Å². The Morgan fingerprint density at radius 3 is 1.88 bits per heavy atom. The highest BCUT2D eigenvalue weighted by molar-refractivity contribution is 5.47. The Kier molecular flexibility index (Phi) is 11.4. The molecule has 0 aliphatic carbocycles. The van der Waals surface area contributed by atoms with E-state index >= 15 is 0 Å². The summed E-state index contributed by atoms with van der Waals surface area (Å²) in [4.78, 5) is 0. The lowest BCUT2D eigenvalue weighted by molar-refractivity contribution is 0.288. The SMILES string of the molecule is CC.CC.Cc1cc(Oc2c(C)cc(CCCO)cc2C)ccc1O. The maximum atomic E-state index is 9.56. The molecule has 2 aromatic rings. The summed E-state index contributed by atoms with van der Waals surface area (Å²) < 4.78 is 5.97. The third kappa shape index (κ3) is 7.18. The maximum Gasteiger partial charge on any atom is 0.133 e. The van der Waals surface area contributed by atoms with Crippen LogP contribution < -0.4 is 4.74 Å². The molecular formula is C22H34O3. The average molecular weight is 347 g/mol. The molecule has 0 fully saturated rings. The molecule has 0 bridgehead atoms. The van der Waals surface area contributed by atoms with Gasteiger partial charge in [-0.25, -0.2) is 0 Å². The number of ether oxygens (including phenoxy) is 1. The van der Waals surface area contributed by atoms with E-state index in [9.17, 15) is 5.11 Å². The van der Waals surface area contributed by atoms with E-state index in [1.54, 1.807) is 12.1 Å². The van der Waals surface area contributed by atoms with Crippen LogP contribution in [0.5, 0.6) is 17.2 Å². The lowest BCUT2D eigenvalue weighted by Crippen LogP contribution is -1.96. The number of benzene rings is 2. The zero-order valence-corrected chi connectivity index (χ0v) is 16.8. The summed E-state index contributed by atoms with van der Waals surface area (Å²) in [7, 11) is 0. The van der Waals surface area contributed by atoms with E-state index in [1.165, 1.54) is 5.56 Å². The molecule has 0 spiro atoms. The Morgan fingerprint density at radius 2 is 1.40 bits per heavy atom. The molecule has 0 saturated carbocycles. The zero-order chi connectivity index (χ0) is 19.4. The van der Waals surface area contributed by atoms with Gasteiger partial charge in [0.2, 0.25) is 0 Å². The van der Waals surface area contributed by atoms with E-state index < -0.39 is 0 Å². The van der Waals surface area contributed by atoms with Gasteiger partial charge in [0.05, 0.1) is 0 Å². The Hall–Kier alpha value is -2.00. The molecule has 0 aromatic heterocycles. The molecule has 0 unspecified atom stereocenters. The summed E-state index contributed by atoms with van der Waals surface area (Å²) in [5.74, 6) is 1.85. The number of hydrogen-bond acceptors (Lipinski definition) is 3. The molecule has 0 heterocycles. The van der Waals surface area contributed by atoms with E-state index in [-0.39, 0.29) is 12.4 Å². The molecule has 0 atom stereocenters. The van der Waals surface area contributed by atoms with Gasteiger partial charge in [0.15, 0.2) is 0 Å². The molecule has 0 aliphatic heterocycles. The van der Waals surface area contributed by atoms with E-state index in [2.05, 4.69) is 12.1 Å². The van der Waals surface area contributed by atoms with Crippen LogP contribution in [0.25, 0.3) is 0 Å². The monoisotopic (exact) mass is 346 g/mol. The van der Waals surface area contributed by atoms with Crippen molar-refractivity contribution in [2.75, 3.05) is 6.61 Å². The highest BCUT2D eigenvalue weighted by Gasteiger charge is 2.09. The smallest absolute Gasteiger partial charge is 0.133 e. The van der Waals surface area contributed by atoms with Gasteiger partial charge < -0.3 is 14.9 Å². The van der Waals surface area contributed by atoms with Crippen LogP contribution in [0, 0.1) is 20.8 Å². The Morgan fingerprint density at radius 1 is 0.840 bits per heavy atom. The lowest BCUT2D eigenvalue weighted by Gasteiger charge is -2.14. The standard InChI is InChI=1S/C18H22O3.2C2H6/c1-12-11-16(6-7-17(12)20)21-18-13(2)9-15(5-4-8-19)10-14(18)3;2*1-2/h6-7,9-11,19-20H,4-5,8H2,1-3H3;2*1-2H3. The highest BCUT2D eigenvalue weighted by Crippen LogP contribution is 2.32. The van der Waals surface area contributed by atoms with Gasteiger partial charge in [-0.3, -0.25) is 0 Å². The van der Waals surface area contributed by atoms with Crippen LogP contribution in [0.3, 0.4) is 0 Å². The number of phenols is 1. The second-order valence-corrected chi connectivity index (χ2v) is 5.44. The predicted octanol–water partition coefficient (Wildman–Crippen LogP) is 6.09. The fourth-order valence-corrected chi connectivity index (χ4v) is 2.44. The molecule has 2 rings (SSSR count). The first kappa shape index (κ1) is 23.0. The summed E-state index contributed by atoms with van der Waals surface area (Å²) in [5, 5.41) is 18.5. The molecule has 0 radical (unpaired) electrons. The van der Waals surface area contributed by atoms with Crippen molar-refractivity contribution in [1.29, 1.82) is 0 Å². The lowest BCUT2D eigenvalue weighted by atomic mass is 10.0. The van der Waals surface area contributed by atoms with E-state index in [0.717, 1.165) is 41.0 Å². The van der Waals surface area contributed by atoms with Gasteiger partial charge in [-0.15, -0.1) is 0 Å². The van der Waals surface area contributed by atoms with Crippen LogP contribution in [0.4, 0.5) is 0 Å². The number of rotatable bonds is 5. The van der Waals surface area contributed by atoms with Gasteiger partial charge in [-0.1, -0.05) is 39.8 Å². The van der Waals surface area contributed by atoms with Gasteiger partial charge in [-0.2, -0.15) is 0 Å². The second kappa shape index (κ2) is 12.4. The van der Waals surface area contributed by atoms with Crippen molar-refractivity contribution in [2.45, 2.75) is 61.3 Å². The fraction of sp³-hybridized carbons (Fsp3) is 0.455. The van der Waals surface area contributed by atoms with Gasteiger partial charge >= 0.3 is 0 Å². The van der Waals surface area contributed by atoms with Gasteiger partial charge in [0, 0.05) is 6.61 Å². The quantitative estimate of drug-likeness (QED) is 0.689. The summed E-state index contributed by atoms with van der Waals surface area (Å²) in [6.07, 6.45) is 1.65. The molecule has 2 aromatic carbocycles. The van der Waals surface area contributed by atoms with Crippen LogP contribution in [-0.4, -0.2) is 16.8 Å². The maximum absolute atomic E-state index is 9.56. The summed E-state index contributed by atoms with van der Waals surface area (Å²) in [5.41, 5.74) is 4.16. The number of aryl methyl sites for hydroxylation is 4. The molecule has 0 saturated heterocycles. The second-order valence-electron chi connectivity index (χ2n) is 5.44. The summed E-state index contributed by atoms with van der Waals surface area (Å²) in [6.45, 7) is 14.1. The third-order valence-electron chi connectivity index (χ3n) is 3.53. The minimum absolute atomic E-state index is 0.211. The van der Waals surface area contributed by atoms with Gasteiger partial charge in [-0.05, 0) is 74.1 Å². The molecule has 25 heavy (non-hydrogen) atoms. The summed E-state index contributed by atoms with van der Waals surface area (Å²) in [6, 6.07) is 9.44. The van der Waals surface area contributed by atoms with Crippen molar-refractivity contribution in [3.63, 3.8) is 0 Å². The summed E-state index contributed by atoms with van der Waals surface area (Å²) >= 11 is 0. The third-order valence-corrected chi connectivity index (χ3v) is 3.53.